The maximum Gasteiger partial charge on any atom is 0.316 e. The molecule has 0 aromatic heterocycles. The molecule has 1 aliphatic rings. The lowest BCUT2D eigenvalue weighted by Crippen LogP contribution is -2.52. The van der Waals surface area contributed by atoms with Gasteiger partial charge in [0.2, 0.25) is 10.0 Å². The Morgan fingerprint density at radius 3 is 2.12 bits per heavy atom. The Morgan fingerprint density at radius 2 is 1.76 bits per heavy atom. The molecule has 0 atom stereocenters. The van der Waals surface area contributed by atoms with Crippen molar-refractivity contribution in [2.45, 2.75) is 55.4 Å². The van der Waals surface area contributed by atoms with Crippen LogP contribution in [0.1, 0.15) is 45.1 Å². The van der Waals surface area contributed by atoms with Gasteiger partial charge in [-0.15, -0.1) is 12.4 Å². The summed E-state index contributed by atoms with van der Waals surface area (Å²) in [7, 11) is -2.30. The number of esters is 1. The largest absolute Gasteiger partial charge is 0.468 e. The highest BCUT2D eigenvalue weighted by atomic mass is 35.5. The van der Waals surface area contributed by atoms with E-state index in [0.717, 1.165) is 18.4 Å². The van der Waals surface area contributed by atoms with Crippen molar-refractivity contribution in [3.63, 3.8) is 0 Å². The predicted octanol–water partition coefficient (Wildman–Crippen LogP) is 2.11. The second-order valence-corrected chi connectivity index (χ2v) is 8.08. The average Bonchev–Trinajstić information content (AvgIpc) is 3.41. The van der Waals surface area contributed by atoms with E-state index in [0.29, 0.717) is 12.8 Å². The van der Waals surface area contributed by atoms with Crippen molar-refractivity contribution >= 4 is 28.4 Å². The van der Waals surface area contributed by atoms with Gasteiger partial charge in [-0.1, -0.05) is 26.0 Å². The Labute approximate surface area is 156 Å². The molecule has 2 rings (SSSR count). The number of benzene rings is 1. The molecule has 0 heterocycles. The Morgan fingerprint density at radius 1 is 1.24 bits per heavy atom. The van der Waals surface area contributed by atoms with E-state index in [1.165, 1.54) is 19.2 Å². The fourth-order valence-corrected chi connectivity index (χ4v) is 4.51. The minimum Gasteiger partial charge on any atom is -0.468 e. The first-order valence-corrected chi connectivity index (χ1v) is 9.70. The number of rotatable bonds is 8. The number of carbonyl (C=O) groups is 1. The third-order valence-corrected chi connectivity index (χ3v) is 6.73. The van der Waals surface area contributed by atoms with E-state index < -0.39 is 21.0 Å². The highest BCUT2D eigenvalue weighted by Crippen LogP contribution is 2.49. The summed E-state index contributed by atoms with van der Waals surface area (Å²) in [4.78, 5) is 12.1. The van der Waals surface area contributed by atoms with Crippen LogP contribution in [0.3, 0.4) is 0 Å². The Balaban J connectivity index is 0.00000312. The second-order valence-electron chi connectivity index (χ2n) is 6.40. The van der Waals surface area contributed by atoms with Crippen LogP contribution in [0.15, 0.2) is 29.2 Å². The van der Waals surface area contributed by atoms with Crippen LogP contribution in [0, 0.1) is 0 Å². The summed E-state index contributed by atoms with van der Waals surface area (Å²) in [6, 6.07) is 6.46. The standard InChI is InChI=1S/C17H26N2O4S.ClH/c1-4-16(5-2,12-18)19-24(21,22)14-8-6-13(7-9-14)17(10-11-17)15(20)23-3;/h6-9,19H,4-5,10-12,18H2,1-3H3;1H. The van der Waals surface area contributed by atoms with Crippen LogP contribution in [-0.2, 0) is 25.0 Å². The van der Waals surface area contributed by atoms with Gasteiger partial charge < -0.3 is 10.5 Å². The van der Waals surface area contributed by atoms with Crippen molar-refractivity contribution in [1.29, 1.82) is 0 Å². The zero-order valence-electron chi connectivity index (χ0n) is 14.9. The summed E-state index contributed by atoms with van der Waals surface area (Å²) in [5.74, 6) is -0.268. The molecule has 0 radical (unpaired) electrons. The van der Waals surface area contributed by atoms with Crippen molar-refractivity contribution in [2.75, 3.05) is 13.7 Å². The number of nitrogens with two attached hydrogens (primary N) is 1. The molecule has 8 heteroatoms. The average molecular weight is 391 g/mol. The maximum absolute atomic E-state index is 12.6. The quantitative estimate of drug-likeness (QED) is 0.662. The second kappa shape index (κ2) is 8.03. The lowest BCUT2D eigenvalue weighted by Gasteiger charge is -2.31. The Kier molecular flexibility index (Phi) is 7.03. The third-order valence-electron chi connectivity index (χ3n) is 5.14. The molecule has 142 valence electrons. The molecule has 0 spiro atoms. The van der Waals surface area contributed by atoms with Crippen LogP contribution in [0.5, 0.6) is 0 Å². The fraction of sp³-hybridized carbons (Fsp3) is 0.588. The molecule has 0 saturated heterocycles. The molecule has 6 nitrogen and oxygen atoms in total. The van der Waals surface area contributed by atoms with E-state index in [1.807, 2.05) is 13.8 Å². The topological polar surface area (TPSA) is 98.5 Å². The summed E-state index contributed by atoms with van der Waals surface area (Å²) in [6.45, 7) is 4.06. The Bertz CT molecular complexity index is 688. The SMILES string of the molecule is CCC(CC)(CN)NS(=O)(=O)c1ccc(C2(C(=O)OC)CC2)cc1.Cl. The first-order valence-electron chi connectivity index (χ1n) is 8.22. The first kappa shape index (κ1) is 21.9. The van der Waals surface area contributed by atoms with Gasteiger partial charge in [0, 0.05) is 12.1 Å². The maximum atomic E-state index is 12.6. The van der Waals surface area contributed by atoms with Gasteiger partial charge in [0.15, 0.2) is 0 Å². The van der Waals surface area contributed by atoms with Crippen molar-refractivity contribution in [3.05, 3.63) is 29.8 Å². The number of methoxy groups -OCH3 is 1. The van der Waals surface area contributed by atoms with Crippen molar-refractivity contribution in [3.8, 4) is 0 Å². The first-order chi connectivity index (χ1) is 11.3. The molecule has 1 fully saturated rings. The third kappa shape index (κ3) is 4.16. The normalized spacial score (nSPS) is 16.0. The Hall–Kier alpha value is -1.15. The molecular formula is C17H27ClN2O4S. The van der Waals surface area contributed by atoms with Crippen LogP contribution in [0.2, 0.25) is 0 Å². The van der Waals surface area contributed by atoms with Crippen LogP contribution < -0.4 is 10.5 Å². The highest BCUT2D eigenvalue weighted by molar-refractivity contribution is 7.89. The number of sulfonamides is 1. The molecule has 0 unspecified atom stereocenters. The summed E-state index contributed by atoms with van der Waals surface area (Å²) in [6.07, 6.45) is 2.68. The summed E-state index contributed by atoms with van der Waals surface area (Å²) in [5, 5.41) is 0. The smallest absolute Gasteiger partial charge is 0.316 e. The number of halogens is 1. The van der Waals surface area contributed by atoms with Gasteiger partial charge in [0.1, 0.15) is 0 Å². The van der Waals surface area contributed by atoms with E-state index >= 15 is 0 Å². The molecule has 25 heavy (non-hydrogen) atoms. The van der Waals surface area contributed by atoms with Crippen molar-refractivity contribution in [2.24, 2.45) is 5.73 Å². The van der Waals surface area contributed by atoms with Crippen molar-refractivity contribution in [1.82, 2.24) is 4.72 Å². The zero-order chi connectivity index (χ0) is 18.0. The molecule has 1 saturated carbocycles. The van der Waals surface area contributed by atoms with E-state index in [4.69, 9.17) is 10.5 Å². The molecule has 0 aliphatic heterocycles. The van der Waals surface area contributed by atoms with Gasteiger partial charge in [-0.3, -0.25) is 4.79 Å². The molecular weight excluding hydrogens is 364 g/mol. The molecule has 1 aromatic carbocycles. The van der Waals surface area contributed by atoms with E-state index in [1.54, 1.807) is 12.1 Å². The van der Waals surface area contributed by atoms with Gasteiger partial charge >= 0.3 is 5.97 Å². The van der Waals surface area contributed by atoms with Gasteiger partial charge in [0.25, 0.3) is 0 Å². The molecule has 1 aromatic rings. The fourth-order valence-electron chi connectivity index (χ4n) is 2.95. The van der Waals surface area contributed by atoms with E-state index in [9.17, 15) is 13.2 Å². The summed E-state index contributed by atoms with van der Waals surface area (Å²) < 4.78 is 32.9. The number of carbonyl (C=O) groups excluding carboxylic acids is 1. The minimum absolute atomic E-state index is 0. The van der Waals surface area contributed by atoms with Gasteiger partial charge in [-0.25, -0.2) is 13.1 Å². The number of hydrogen-bond acceptors (Lipinski definition) is 5. The zero-order valence-corrected chi connectivity index (χ0v) is 16.5. The van der Waals surface area contributed by atoms with Crippen LogP contribution in [0.4, 0.5) is 0 Å². The van der Waals surface area contributed by atoms with E-state index in [-0.39, 0.29) is 29.8 Å². The number of nitrogens with one attached hydrogen (secondary N) is 1. The van der Waals surface area contributed by atoms with Crippen LogP contribution >= 0.6 is 12.4 Å². The van der Waals surface area contributed by atoms with E-state index in [2.05, 4.69) is 4.72 Å². The molecule has 1 aliphatic carbocycles. The number of ether oxygens (including phenoxy) is 1. The predicted molar refractivity (Wildman–Crippen MR) is 99.3 cm³/mol. The highest BCUT2D eigenvalue weighted by Gasteiger charge is 2.52. The summed E-state index contributed by atoms with van der Waals surface area (Å²) in [5.41, 5.74) is 5.33. The lowest BCUT2D eigenvalue weighted by molar-refractivity contribution is -0.143. The molecule has 0 amide bonds. The van der Waals surface area contributed by atoms with Gasteiger partial charge in [0.05, 0.1) is 17.4 Å². The molecule has 0 bridgehead atoms. The lowest BCUT2D eigenvalue weighted by atomic mass is 9.95. The van der Waals surface area contributed by atoms with Gasteiger partial charge in [-0.2, -0.15) is 0 Å². The number of hydrogen-bond donors (Lipinski definition) is 2. The molecule has 3 N–H and O–H groups in total. The minimum atomic E-state index is -3.67. The summed E-state index contributed by atoms with van der Waals surface area (Å²) >= 11 is 0. The van der Waals surface area contributed by atoms with Gasteiger partial charge in [-0.05, 0) is 43.4 Å². The van der Waals surface area contributed by atoms with Crippen LogP contribution in [-0.4, -0.2) is 33.6 Å². The van der Waals surface area contributed by atoms with Crippen molar-refractivity contribution < 1.29 is 17.9 Å². The van der Waals surface area contributed by atoms with Crippen LogP contribution in [0.25, 0.3) is 0 Å². The monoisotopic (exact) mass is 390 g/mol.